The van der Waals surface area contributed by atoms with E-state index in [-0.39, 0.29) is 11.9 Å². The van der Waals surface area contributed by atoms with Crippen LogP contribution in [0.15, 0.2) is 53.8 Å². The third-order valence-electron chi connectivity index (χ3n) is 6.59. The van der Waals surface area contributed by atoms with Crippen molar-refractivity contribution in [1.82, 2.24) is 15.3 Å². The van der Waals surface area contributed by atoms with Gasteiger partial charge in [0.2, 0.25) is 5.91 Å². The number of ether oxygens (including phenoxy) is 1. The molecule has 2 bridgehead atoms. The Kier molecular flexibility index (Phi) is 10.2. The van der Waals surface area contributed by atoms with Crippen LogP contribution in [-0.2, 0) is 9.53 Å². The Morgan fingerprint density at radius 2 is 2.02 bits per heavy atom. The lowest BCUT2D eigenvalue weighted by molar-refractivity contribution is -0.117. The van der Waals surface area contributed by atoms with E-state index < -0.39 is 6.09 Å². The van der Waals surface area contributed by atoms with Gasteiger partial charge in [-0.05, 0) is 55.3 Å². The number of methoxy groups -OCH3 is 1. The molecule has 2 amide bonds. The number of nitrogens with two attached hydrogens (primary N) is 2. The van der Waals surface area contributed by atoms with Crippen LogP contribution in [0.1, 0.15) is 49.5 Å². The van der Waals surface area contributed by atoms with Gasteiger partial charge in [-0.1, -0.05) is 30.9 Å². The van der Waals surface area contributed by atoms with Gasteiger partial charge in [0, 0.05) is 40.1 Å². The monoisotopic (exact) mass is 579 g/mol. The summed E-state index contributed by atoms with van der Waals surface area (Å²) in [5, 5.41) is 14.4. The largest absolute Gasteiger partial charge is 0.453 e. The van der Waals surface area contributed by atoms with Crippen molar-refractivity contribution in [2.45, 2.75) is 38.1 Å². The summed E-state index contributed by atoms with van der Waals surface area (Å²) in [7, 11) is 1.32. The smallest absolute Gasteiger partial charge is 0.411 e. The number of H-pyrrole nitrogens is 1. The number of imidazole rings is 1. The Bertz CT molecular complexity index is 1420. The number of fused-ring (bicyclic) bond motifs is 4. The second-order valence-corrected chi connectivity index (χ2v) is 9.89. The van der Waals surface area contributed by atoms with Gasteiger partial charge in [-0.2, -0.15) is 5.10 Å². The third kappa shape index (κ3) is 7.99. The fraction of sp³-hybridized carbons (Fsp3) is 0.286. The van der Waals surface area contributed by atoms with E-state index >= 15 is 0 Å². The first-order valence-electron chi connectivity index (χ1n) is 13.2. The fourth-order valence-corrected chi connectivity index (χ4v) is 4.74. The zero-order valence-corrected chi connectivity index (χ0v) is 23.4. The highest BCUT2D eigenvalue weighted by Crippen LogP contribution is 2.32. The minimum atomic E-state index is -0.539. The predicted octanol–water partition coefficient (Wildman–Crippen LogP) is 4.74. The van der Waals surface area contributed by atoms with Crippen LogP contribution < -0.4 is 32.6 Å². The van der Waals surface area contributed by atoms with Crippen LogP contribution in [0, 0.1) is 0 Å². The van der Waals surface area contributed by atoms with Crippen LogP contribution in [0.2, 0.25) is 5.02 Å². The summed E-state index contributed by atoms with van der Waals surface area (Å²) < 4.78 is 4.71. The Labute approximate surface area is 243 Å². The van der Waals surface area contributed by atoms with Crippen LogP contribution in [0.4, 0.5) is 21.9 Å². The molecule has 2 aromatic carbocycles. The van der Waals surface area contributed by atoms with E-state index in [1.165, 1.54) is 24.5 Å². The number of aromatic nitrogens is 2. The maximum Gasteiger partial charge on any atom is 0.411 e. The van der Waals surface area contributed by atoms with Gasteiger partial charge in [0.25, 0.3) is 0 Å². The molecule has 1 aliphatic heterocycles. The van der Waals surface area contributed by atoms with Crippen molar-refractivity contribution in [3.63, 3.8) is 0 Å². The molecule has 12 nitrogen and oxygen atoms in total. The zero-order chi connectivity index (χ0) is 29.2. The van der Waals surface area contributed by atoms with Gasteiger partial charge in [0.1, 0.15) is 12.2 Å². The Morgan fingerprint density at radius 1 is 1.20 bits per heavy atom. The number of hydrazone groups is 1. The molecule has 13 heteroatoms. The molecule has 8 N–H and O–H groups in total. The molecular weight excluding hydrogens is 546 g/mol. The number of nitrogens with one attached hydrogen (secondary N) is 4. The number of amides is 2. The number of hydrazine groups is 1. The Hall–Kier alpha value is -4.55. The normalized spacial score (nSPS) is 15.6. The summed E-state index contributed by atoms with van der Waals surface area (Å²) >= 11 is 6.17. The number of carbonyl (C=O) groups is 2. The van der Waals surface area contributed by atoms with E-state index in [0.717, 1.165) is 55.6 Å². The quantitative estimate of drug-likeness (QED) is 0.0797. The van der Waals surface area contributed by atoms with Crippen molar-refractivity contribution >= 4 is 53.1 Å². The van der Waals surface area contributed by atoms with Gasteiger partial charge in [-0.25, -0.2) is 15.6 Å². The standard InChI is InChI=1S/C28H34ClN9O3/c1-41-28(40)35-20-9-10-21-23(15-20)32-13-5-3-2-4-6-22(27-33-16-24(21)37-27)36-26(39)12-7-18-14-19(29)8-11-25(18)38(31)17-34-30/h7-12,14-17,22,32H,2-6,13,30-31H2,1H3,(H,33,37)(H,35,40)(H,36,39)/b12-7+,34-17-/t22-/m0/s1. The van der Waals surface area contributed by atoms with Gasteiger partial charge in [0.05, 0.1) is 30.7 Å². The van der Waals surface area contributed by atoms with E-state index in [4.69, 9.17) is 28.0 Å². The van der Waals surface area contributed by atoms with Gasteiger partial charge < -0.3 is 26.2 Å². The lowest BCUT2D eigenvalue weighted by Gasteiger charge is -2.17. The Balaban J connectivity index is 1.56. The molecule has 0 unspecified atom stereocenters. The number of halogens is 1. The van der Waals surface area contributed by atoms with Crippen molar-refractivity contribution in [2.24, 2.45) is 16.8 Å². The highest BCUT2D eigenvalue weighted by atomic mass is 35.5. The lowest BCUT2D eigenvalue weighted by atomic mass is 10.1. The van der Waals surface area contributed by atoms with Crippen LogP contribution >= 0.6 is 11.6 Å². The molecule has 0 radical (unpaired) electrons. The van der Waals surface area contributed by atoms with Crippen molar-refractivity contribution in [3.05, 3.63) is 65.1 Å². The second-order valence-electron chi connectivity index (χ2n) is 9.46. The van der Waals surface area contributed by atoms with Crippen LogP contribution in [0.3, 0.4) is 0 Å². The molecule has 216 valence electrons. The van der Waals surface area contributed by atoms with Gasteiger partial charge in [-0.15, -0.1) is 0 Å². The minimum Gasteiger partial charge on any atom is -0.453 e. The number of hydrogen-bond donors (Lipinski definition) is 6. The number of benzene rings is 2. The third-order valence-corrected chi connectivity index (χ3v) is 6.83. The molecule has 0 saturated carbocycles. The van der Waals surface area contributed by atoms with Gasteiger partial charge >= 0.3 is 6.09 Å². The summed E-state index contributed by atoms with van der Waals surface area (Å²) in [6.07, 6.45) is 10.2. The summed E-state index contributed by atoms with van der Waals surface area (Å²) in [6, 6.07) is 10.3. The number of aromatic amines is 1. The SMILES string of the molecule is COC(=O)Nc1ccc2c(c1)NCCCCCC[C@H](NC(=O)/C=C/c1cc(Cl)ccc1N(N)/C=N\N)c1ncc-2[nH]1. The maximum atomic E-state index is 13.1. The first-order chi connectivity index (χ1) is 19.9. The van der Waals surface area contributed by atoms with E-state index in [1.807, 2.05) is 12.1 Å². The molecule has 3 aromatic rings. The summed E-state index contributed by atoms with van der Waals surface area (Å²) in [5.74, 6) is 11.6. The van der Waals surface area contributed by atoms with E-state index in [2.05, 4.69) is 31.0 Å². The first-order valence-corrected chi connectivity index (χ1v) is 13.6. The molecule has 4 rings (SSSR count). The summed E-state index contributed by atoms with van der Waals surface area (Å²) in [4.78, 5) is 32.8. The molecule has 1 atom stereocenters. The molecule has 0 fully saturated rings. The lowest BCUT2D eigenvalue weighted by Crippen LogP contribution is -2.30. The van der Waals surface area contributed by atoms with Crippen LogP contribution in [-0.4, -0.2) is 42.0 Å². The molecule has 0 aliphatic carbocycles. The van der Waals surface area contributed by atoms with Crippen molar-refractivity contribution in [2.75, 3.05) is 29.3 Å². The highest BCUT2D eigenvalue weighted by molar-refractivity contribution is 6.30. The van der Waals surface area contributed by atoms with Crippen molar-refractivity contribution in [1.29, 1.82) is 0 Å². The molecular formula is C28H34ClN9O3. The molecule has 0 spiro atoms. The summed E-state index contributed by atoms with van der Waals surface area (Å²) in [6.45, 7) is 0.781. The fourth-order valence-electron chi connectivity index (χ4n) is 4.56. The van der Waals surface area contributed by atoms with E-state index in [1.54, 1.807) is 36.5 Å². The maximum absolute atomic E-state index is 13.1. The molecule has 41 heavy (non-hydrogen) atoms. The summed E-state index contributed by atoms with van der Waals surface area (Å²) in [5.41, 5.74) is 4.33. The molecule has 2 heterocycles. The first kappa shape index (κ1) is 29.4. The molecule has 0 saturated heterocycles. The van der Waals surface area contributed by atoms with Crippen molar-refractivity contribution < 1.29 is 14.3 Å². The van der Waals surface area contributed by atoms with Crippen LogP contribution in [0.25, 0.3) is 17.3 Å². The molecule has 1 aromatic heterocycles. The van der Waals surface area contributed by atoms with Gasteiger partial charge in [0.15, 0.2) is 0 Å². The number of hydrogen-bond acceptors (Lipinski definition) is 8. The number of anilines is 3. The second kappa shape index (κ2) is 14.2. The Morgan fingerprint density at radius 3 is 2.83 bits per heavy atom. The number of carbonyl (C=O) groups excluding carboxylic acids is 2. The average molecular weight is 580 g/mol. The molecule has 1 aliphatic rings. The zero-order valence-electron chi connectivity index (χ0n) is 22.7. The number of rotatable bonds is 6. The number of nitrogens with zero attached hydrogens (tertiary/aromatic N) is 3. The predicted molar refractivity (Wildman–Crippen MR) is 162 cm³/mol. The topological polar surface area (TPSA) is 176 Å². The average Bonchev–Trinajstić information content (AvgIpc) is 3.45. The van der Waals surface area contributed by atoms with E-state index in [0.29, 0.717) is 27.8 Å². The van der Waals surface area contributed by atoms with E-state index in [9.17, 15) is 9.59 Å². The highest BCUT2D eigenvalue weighted by Gasteiger charge is 2.19. The van der Waals surface area contributed by atoms with Crippen LogP contribution in [0.5, 0.6) is 0 Å². The van der Waals surface area contributed by atoms with Gasteiger partial charge in [-0.3, -0.25) is 15.1 Å². The minimum absolute atomic E-state index is 0.292. The van der Waals surface area contributed by atoms with Crippen molar-refractivity contribution in [3.8, 4) is 11.3 Å².